The number of aryl methyl sites for hydroxylation is 2. The van der Waals surface area contributed by atoms with Crippen molar-refractivity contribution in [3.8, 4) is 22.5 Å². The van der Waals surface area contributed by atoms with Crippen LogP contribution in [0.2, 0.25) is 5.02 Å². The van der Waals surface area contributed by atoms with Gasteiger partial charge in [-0.2, -0.15) is 0 Å². The smallest absolute Gasteiger partial charge is 0.251 e. The molecule has 6 heteroatoms. The Bertz CT molecular complexity index is 1280. The Kier molecular flexibility index (Phi) is 8.32. The van der Waals surface area contributed by atoms with Crippen LogP contribution in [0.1, 0.15) is 34.8 Å². The topological polar surface area (TPSA) is 46.9 Å². The molecule has 0 unspecified atom stereocenters. The molecule has 1 aromatic heterocycles. The van der Waals surface area contributed by atoms with E-state index in [1.165, 1.54) is 16.7 Å². The monoisotopic (exact) mass is 503 g/mol. The Balaban J connectivity index is 1.49. The van der Waals surface area contributed by atoms with Gasteiger partial charge in [0.25, 0.3) is 5.91 Å². The van der Waals surface area contributed by atoms with Gasteiger partial charge in [-0.1, -0.05) is 83.0 Å². The van der Waals surface area contributed by atoms with Crippen LogP contribution in [0.25, 0.3) is 22.5 Å². The molecule has 0 aliphatic rings. The second-order valence-corrected chi connectivity index (χ2v) is 10.0. The van der Waals surface area contributed by atoms with Crippen molar-refractivity contribution in [3.05, 3.63) is 94.5 Å². The van der Waals surface area contributed by atoms with Gasteiger partial charge in [0.15, 0.2) is 5.16 Å². The lowest BCUT2D eigenvalue weighted by molar-refractivity contribution is 0.0954. The van der Waals surface area contributed by atoms with Crippen LogP contribution in [0.4, 0.5) is 0 Å². The first-order chi connectivity index (χ1) is 17.0. The Morgan fingerprint density at radius 1 is 0.914 bits per heavy atom. The summed E-state index contributed by atoms with van der Waals surface area (Å²) >= 11 is 7.64. The van der Waals surface area contributed by atoms with Gasteiger partial charge in [0.1, 0.15) is 0 Å². The van der Waals surface area contributed by atoms with Gasteiger partial charge in [-0.15, -0.1) is 0 Å². The first-order valence-electron chi connectivity index (χ1n) is 11.9. The maximum Gasteiger partial charge on any atom is 0.251 e. The standard InChI is InChI=1S/C29H30ClN3OS/c1-4-33-27(23-12-8-21(3)9-13-23)26(22-10-6-20(2)7-11-22)32-29(33)35-19-5-18-31-28(34)24-14-16-25(30)17-15-24/h6-17H,4-5,18-19H2,1-3H3,(H,31,34). The molecule has 1 heterocycles. The molecule has 1 N–H and O–H groups in total. The van der Waals surface area contributed by atoms with E-state index in [4.69, 9.17) is 16.6 Å². The molecule has 0 fully saturated rings. The van der Waals surface area contributed by atoms with Crippen LogP contribution < -0.4 is 5.32 Å². The van der Waals surface area contributed by atoms with E-state index in [1.54, 1.807) is 36.0 Å². The molecule has 0 aliphatic carbocycles. The third kappa shape index (κ3) is 6.16. The van der Waals surface area contributed by atoms with Gasteiger partial charge in [0.05, 0.1) is 11.4 Å². The molecule has 3 aromatic carbocycles. The number of aromatic nitrogens is 2. The minimum atomic E-state index is -0.0787. The average Bonchev–Trinajstić information content (AvgIpc) is 3.23. The summed E-state index contributed by atoms with van der Waals surface area (Å²) in [6.45, 7) is 7.81. The highest BCUT2D eigenvalue weighted by atomic mass is 35.5. The summed E-state index contributed by atoms with van der Waals surface area (Å²) in [6.07, 6.45) is 0.848. The van der Waals surface area contributed by atoms with Crippen molar-refractivity contribution in [1.29, 1.82) is 0 Å². The molecule has 0 saturated carbocycles. The minimum absolute atomic E-state index is 0.0787. The van der Waals surface area contributed by atoms with E-state index < -0.39 is 0 Å². The molecular weight excluding hydrogens is 474 g/mol. The number of thioether (sulfide) groups is 1. The lowest BCUT2D eigenvalue weighted by atomic mass is 10.0. The van der Waals surface area contributed by atoms with E-state index in [0.29, 0.717) is 17.1 Å². The molecule has 0 saturated heterocycles. The average molecular weight is 504 g/mol. The lowest BCUT2D eigenvalue weighted by Gasteiger charge is -2.11. The van der Waals surface area contributed by atoms with Gasteiger partial charge in [-0.3, -0.25) is 4.79 Å². The third-order valence-corrected chi connectivity index (χ3v) is 7.16. The van der Waals surface area contributed by atoms with Crippen molar-refractivity contribution in [2.75, 3.05) is 12.3 Å². The first-order valence-corrected chi connectivity index (χ1v) is 13.2. The maximum atomic E-state index is 12.3. The number of imidazole rings is 1. The van der Waals surface area contributed by atoms with Crippen molar-refractivity contribution in [2.24, 2.45) is 0 Å². The van der Waals surface area contributed by atoms with E-state index in [2.05, 4.69) is 79.2 Å². The summed E-state index contributed by atoms with van der Waals surface area (Å²) < 4.78 is 2.30. The Hall–Kier alpha value is -3.02. The van der Waals surface area contributed by atoms with Gasteiger partial charge in [0, 0.05) is 40.6 Å². The van der Waals surface area contributed by atoms with E-state index in [-0.39, 0.29) is 5.91 Å². The summed E-state index contributed by atoms with van der Waals surface area (Å²) in [4.78, 5) is 17.4. The normalized spacial score (nSPS) is 11.0. The zero-order valence-electron chi connectivity index (χ0n) is 20.3. The first kappa shape index (κ1) is 25.1. The molecule has 35 heavy (non-hydrogen) atoms. The molecule has 0 bridgehead atoms. The van der Waals surface area contributed by atoms with Crippen molar-refractivity contribution in [1.82, 2.24) is 14.9 Å². The molecule has 0 spiro atoms. The highest BCUT2D eigenvalue weighted by molar-refractivity contribution is 7.99. The second-order valence-electron chi connectivity index (χ2n) is 8.53. The van der Waals surface area contributed by atoms with Crippen molar-refractivity contribution < 1.29 is 4.79 Å². The Morgan fingerprint density at radius 2 is 1.51 bits per heavy atom. The highest BCUT2D eigenvalue weighted by Gasteiger charge is 2.19. The van der Waals surface area contributed by atoms with Crippen LogP contribution in [0, 0.1) is 13.8 Å². The maximum absolute atomic E-state index is 12.3. The fraction of sp³-hybridized carbons (Fsp3) is 0.241. The second kappa shape index (κ2) is 11.6. The van der Waals surface area contributed by atoms with Gasteiger partial charge >= 0.3 is 0 Å². The van der Waals surface area contributed by atoms with Gasteiger partial charge in [0.2, 0.25) is 0 Å². The van der Waals surface area contributed by atoms with E-state index in [9.17, 15) is 4.79 Å². The number of amides is 1. The summed E-state index contributed by atoms with van der Waals surface area (Å²) in [5.74, 6) is 0.781. The minimum Gasteiger partial charge on any atom is -0.352 e. The fourth-order valence-electron chi connectivity index (χ4n) is 3.89. The Labute approximate surface area is 216 Å². The highest BCUT2D eigenvalue weighted by Crippen LogP contribution is 2.36. The Morgan fingerprint density at radius 3 is 2.11 bits per heavy atom. The molecule has 4 rings (SSSR count). The lowest BCUT2D eigenvalue weighted by Crippen LogP contribution is -2.24. The number of carbonyl (C=O) groups excluding carboxylic acids is 1. The SMILES string of the molecule is CCn1c(SCCCNC(=O)c2ccc(Cl)cc2)nc(-c2ccc(C)cc2)c1-c1ccc(C)cc1. The van der Waals surface area contributed by atoms with Crippen molar-refractivity contribution in [3.63, 3.8) is 0 Å². The van der Waals surface area contributed by atoms with Crippen LogP contribution in [0.3, 0.4) is 0 Å². The van der Waals surface area contributed by atoms with Crippen LogP contribution in [0.15, 0.2) is 78.0 Å². The van der Waals surface area contributed by atoms with Gasteiger partial charge in [-0.25, -0.2) is 4.98 Å². The van der Waals surface area contributed by atoms with Crippen molar-refractivity contribution in [2.45, 2.75) is 38.9 Å². The van der Waals surface area contributed by atoms with Crippen molar-refractivity contribution >= 4 is 29.3 Å². The molecule has 0 aliphatic heterocycles. The quantitative estimate of drug-likeness (QED) is 0.191. The largest absolute Gasteiger partial charge is 0.352 e. The molecule has 4 aromatic rings. The molecule has 180 valence electrons. The number of carbonyl (C=O) groups is 1. The van der Waals surface area contributed by atoms with Gasteiger partial charge in [-0.05, 0) is 51.5 Å². The predicted molar refractivity (Wildman–Crippen MR) is 147 cm³/mol. The van der Waals surface area contributed by atoms with E-state index in [1.807, 2.05) is 0 Å². The van der Waals surface area contributed by atoms with E-state index >= 15 is 0 Å². The zero-order valence-corrected chi connectivity index (χ0v) is 21.9. The van der Waals surface area contributed by atoms with Crippen LogP contribution in [-0.2, 0) is 6.54 Å². The van der Waals surface area contributed by atoms with E-state index in [0.717, 1.165) is 40.8 Å². The molecule has 1 amide bonds. The predicted octanol–water partition coefficient (Wildman–Crippen LogP) is 7.42. The number of nitrogens with zero attached hydrogens (tertiary/aromatic N) is 2. The van der Waals surface area contributed by atoms with Crippen LogP contribution >= 0.6 is 23.4 Å². The molecule has 4 nitrogen and oxygen atoms in total. The number of halogens is 1. The number of hydrogen-bond donors (Lipinski definition) is 1. The number of rotatable bonds is 9. The summed E-state index contributed by atoms with van der Waals surface area (Å²) in [7, 11) is 0. The molecule has 0 radical (unpaired) electrons. The molecular formula is C29H30ClN3OS. The summed E-state index contributed by atoms with van der Waals surface area (Å²) in [5.41, 5.74) is 7.54. The fourth-order valence-corrected chi connectivity index (χ4v) is 5.02. The summed E-state index contributed by atoms with van der Waals surface area (Å²) in [5, 5.41) is 4.62. The van der Waals surface area contributed by atoms with Crippen LogP contribution in [-0.4, -0.2) is 27.8 Å². The molecule has 0 atom stereocenters. The van der Waals surface area contributed by atoms with Gasteiger partial charge < -0.3 is 9.88 Å². The number of hydrogen-bond acceptors (Lipinski definition) is 3. The number of nitrogens with one attached hydrogen (secondary N) is 1. The number of benzene rings is 3. The zero-order chi connectivity index (χ0) is 24.8. The third-order valence-electron chi connectivity index (χ3n) is 5.84. The van der Waals surface area contributed by atoms with Crippen LogP contribution in [0.5, 0.6) is 0 Å². The summed E-state index contributed by atoms with van der Waals surface area (Å²) in [6, 6.07) is 24.2.